The molecule has 0 radical (unpaired) electrons. The second kappa shape index (κ2) is 14.6. The summed E-state index contributed by atoms with van der Waals surface area (Å²) < 4.78 is 68.0. The molecule has 1 aliphatic heterocycles. The van der Waals surface area contributed by atoms with E-state index in [-0.39, 0.29) is 32.0 Å². The minimum absolute atomic E-state index is 0.0184. The number of carbonyl (C=O) groups is 1. The number of benzene rings is 4. The van der Waals surface area contributed by atoms with Crippen molar-refractivity contribution in [3.05, 3.63) is 150 Å². The van der Waals surface area contributed by atoms with Gasteiger partial charge in [-0.1, -0.05) is 91.0 Å². The van der Waals surface area contributed by atoms with Crippen LogP contribution >= 0.6 is 0 Å². The quantitative estimate of drug-likeness (QED) is 0.112. The van der Waals surface area contributed by atoms with Crippen molar-refractivity contribution >= 4 is 5.97 Å². The molecular formula is C36H31F3N2O5. The van der Waals surface area contributed by atoms with E-state index in [1.54, 1.807) is 0 Å². The Morgan fingerprint density at radius 3 is 1.85 bits per heavy atom. The van der Waals surface area contributed by atoms with Gasteiger partial charge in [0.2, 0.25) is 0 Å². The molecule has 0 amide bonds. The van der Waals surface area contributed by atoms with Gasteiger partial charge in [0.15, 0.2) is 29.7 Å². The molecule has 0 N–H and O–H groups in total. The first-order valence-electron chi connectivity index (χ1n) is 14.8. The van der Waals surface area contributed by atoms with Crippen LogP contribution in [0.1, 0.15) is 22.7 Å². The Morgan fingerprint density at radius 2 is 1.26 bits per heavy atom. The van der Waals surface area contributed by atoms with Crippen molar-refractivity contribution in [1.82, 2.24) is 9.78 Å². The van der Waals surface area contributed by atoms with Crippen LogP contribution in [-0.2, 0) is 43.6 Å². The molecule has 7 nitrogen and oxygen atoms in total. The molecule has 2 heterocycles. The summed E-state index contributed by atoms with van der Waals surface area (Å²) in [5.74, 6) is -4.85. The van der Waals surface area contributed by atoms with Crippen LogP contribution < -0.4 is 0 Å². The summed E-state index contributed by atoms with van der Waals surface area (Å²) in [5, 5.41) is 4.47. The number of aromatic nitrogens is 2. The van der Waals surface area contributed by atoms with Gasteiger partial charge < -0.3 is 18.9 Å². The number of nitrogens with zero attached hydrogens (tertiary/aromatic N) is 2. The van der Waals surface area contributed by atoms with Crippen molar-refractivity contribution in [3.63, 3.8) is 0 Å². The van der Waals surface area contributed by atoms with E-state index < -0.39 is 47.8 Å². The lowest BCUT2D eigenvalue weighted by Gasteiger charge is -2.41. The molecule has 1 aromatic heterocycles. The number of carbonyl (C=O) groups excluding carboxylic acids is 1. The van der Waals surface area contributed by atoms with E-state index in [0.717, 1.165) is 28.8 Å². The maximum absolute atomic E-state index is 14.1. The average molecular weight is 629 g/mol. The van der Waals surface area contributed by atoms with Gasteiger partial charge in [0, 0.05) is 11.8 Å². The number of hydrogen-bond donors (Lipinski definition) is 0. The molecule has 0 unspecified atom stereocenters. The van der Waals surface area contributed by atoms with Gasteiger partial charge in [-0.25, -0.2) is 18.0 Å². The fraction of sp³-hybridized carbons (Fsp3) is 0.222. The van der Waals surface area contributed by atoms with E-state index in [1.165, 1.54) is 17.1 Å². The molecule has 236 valence electrons. The van der Waals surface area contributed by atoms with Crippen molar-refractivity contribution in [3.8, 4) is 11.1 Å². The summed E-state index contributed by atoms with van der Waals surface area (Å²) >= 11 is 0. The standard InChI is InChI=1S/C36H31F3N2O5/c37-29-16-27(17-30(38)32(29)39)28-18-40-41(19-28)33-34(44-21-25-12-6-2-7-13-25)31(23-43-20-24-10-4-1-5-11-24)46-36(42)35(33)45-22-26-14-8-3-9-15-26/h1-19,31,33-35H,20-23H2/t31-,33+,34+,35-/m1/s1. The van der Waals surface area contributed by atoms with E-state index >= 15 is 0 Å². The Morgan fingerprint density at radius 1 is 0.717 bits per heavy atom. The Bertz CT molecular complexity index is 1710. The summed E-state index contributed by atoms with van der Waals surface area (Å²) in [6, 6.07) is 29.3. The second-order valence-corrected chi connectivity index (χ2v) is 10.9. The average Bonchev–Trinajstić information content (AvgIpc) is 3.57. The lowest BCUT2D eigenvalue weighted by Crippen LogP contribution is -2.56. The molecule has 0 spiro atoms. The molecule has 4 aromatic carbocycles. The number of cyclic esters (lactones) is 1. The third-order valence-corrected chi connectivity index (χ3v) is 7.69. The zero-order valence-corrected chi connectivity index (χ0v) is 24.7. The van der Waals surface area contributed by atoms with E-state index in [0.29, 0.717) is 5.56 Å². The number of halogens is 3. The molecule has 0 bridgehead atoms. The molecule has 0 aliphatic carbocycles. The maximum Gasteiger partial charge on any atom is 0.338 e. The predicted molar refractivity (Wildman–Crippen MR) is 163 cm³/mol. The minimum Gasteiger partial charge on any atom is -0.455 e. The highest BCUT2D eigenvalue weighted by Gasteiger charge is 2.49. The molecule has 4 atom stereocenters. The van der Waals surface area contributed by atoms with E-state index in [2.05, 4.69) is 5.10 Å². The molecular weight excluding hydrogens is 597 g/mol. The molecule has 1 fully saturated rings. The SMILES string of the molecule is O=C1O[C@H](COCc2ccccc2)[C@H](OCc2ccccc2)[C@H](n2cc(-c3cc(F)c(F)c(F)c3)cn2)[C@H]1OCc1ccccc1. The smallest absolute Gasteiger partial charge is 0.338 e. The van der Waals surface area contributed by atoms with Gasteiger partial charge in [-0.05, 0) is 34.4 Å². The molecule has 5 aromatic rings. The number of rotatable bonds is 12. The topological polar surface area (TPSA) is 71.8 Å². The first-order valence-corrected chi connectivity index (χ1v) is 14.8. The Balaban J connectivity index is 1.34. The van der Waals surface area contributed by atoms with Crippen LogP contribution in [0.4, 0.5) is 13.2 Å². The Labute approximate surface area is 264 Å². The largest absolute Gasteiger partial charge is 0.455 e. The summed E-state index contributed by atoms with van der Waals surface area (Å²) in [4.78, 5) is 13.6. The highest BCUT2D eigenvalue weighted by atomic mass is 19.2. The second-order valence-electron chi connectivity index (χ2n) is 10.9. The summed E-state index contributed by atoms with van der Waals surface area (Å²) in [6.07, 6.45) is 0.0735. The summed E-state index contributed by atoms with van der Waals surface area (Å²) in [5.41, 5.74) is 3.05. The highest BCUT2D eigenvalue weighted by Crippen LogP contribution is 2.34. The fourth-order valence-corrected chi connectivity index (χ4v) is 5.37. The third kappa shape index (κ3) is 7.37. The predicted octanol–water partition coefficient (Wildman–Crippen LogP) is 6.82. The molecule has 6 rings (SSSR count). The molecule has 0 saturated carbocycles. The van der Waals surface area contributed by atoms with Crippen molar-refractivity contribution in [2.45, 2.75) is 44.2 Å². The zero-order valence-electron chi connectivity index (χ0n) is 24.7. The van der Waals surface area contributed by atoms with Gasteiger partial charge in [-0.2, -0.15) is 5.10 Å². The van der Waals surface area contributed by atoms with Gasteiger partial charge in [-0.15, -0.1) is 0 Å². The van der Waals surface area contributed by atoms with E-state index in [1.807, 2.05) is 91.0 Å². The summed E-state index contributed by atoms with van der Waals surface area (Å²) in [6.45, 7) is 0.583. The number of hydrogen-bond acceptors (Lipinski definition) is 6. The van der Waals surface area contributed by atoms with Crippen molar-refractivity contribution < 1.29 is 36.9 Å². The van der Waals surface area contributed by atoms with Gasteiger partial charge in [0.25, 0.3) is 0 Å². The number of esters is 1. The molecule has 1 saturated heterocycles. The van der Waals surface area contributed by atoms with Gasteiger partial charge in [0.05, 0.1) is 32.6 Å². The Kier molecular flexibility index (Phi) is 9.88. The first-order chi connectivity index (χ1) is 22.5. The molecule has 46 heavy (non-hydrogen) atoms. The van der Waals surface area contributed by atoms with Crippen molar-refractivity contribution in [1.29, 1.82) is 0 Å². The first kappa shape index (κ1) is 31.2. The van der Waals surface area contributed by atoms with Gasteiger partial charge >= 0.3 is 5.97 Å². The van der Waals surface area contributed by atoms with Crippen LogP contribution in [0.2, 0.25) is 0 Å². The molecule has 10 heteroatoms. The monoisotopic (exact) mass is 628 g/mol. The van der Waals surface area contributed by atoms with Gasteiger partial charge in [0.1, 0.15) is 12.1 Å². The highest BCUT2D eigenvalue weighted by molar-refractivity contribution is 5.77. The lowest BCUT2D eigenvalue weighted by atomic mass is 9.96. The maximum atomic E-state index is 14.1. The van der Waals surface area contributed by atoms with Crippen LogP contribution in [0, 0.1) is 17.5 Å². The number of ether oxygens (including phenoxy) is 4. The summed E-state index contributed by atoms with van der Waals surface area (Å²) in [7, 11) is 0. The van der Waals surface area contributed by atoms with Crippen LogP contribution in [0.5, 0.6) is 0 Å². The van der Waals surface area contributed by atoms with Crippen molar-refractivity contribution in [2.24, 2.45) is 0 Å². The van der Waals surface area contributed by atoms with E-state index in [4.69, 9.17) is 18.9 Å². The van der Waals surface area contributed by atoms with Crippen LogP contribution in [0.15, 0.2) is 116 Å². The van der Waals surface area contributed by atoms with Crippen molar-refractivity contribution in [2.75, 3.05) is 6.61 Å². The Hall–Kier alpha value is -4.77. The van der Waals surface area contributed by atoms with Crippen LogP contribution in [0.3, 0.4) is 0 Å². The minimum atomic E-state index is -1.56. The van der Waals surface area contributed by atoms with Crippen LogP contribution in [-0.4, -0.2) is 40.7 Å². The third-order valence-electron chi connectivity index (χ3n) is 7.69. The normalized spacial score (nSPS) is 19.6. The van der Waals surface area contributed by atoms with E-state index in [9.17, 15) is 18.0 Å². The molecule has 1 aliphatic rings. The zero-order chi connectivity index (χ0) is 31.9. The van der Waals surface area contributed by atoms with Gasteiger partial charge in [-0.3, -0.25) is 4.68 Å². The fourth-order valence-electron chi connectivity index (χ4n) is 5.37. The van der Waals surface area contributed by atoms with Crippen LogP contribution in [0.25, 0.3) is 11.1 Å². The lowest BCUT2D eigenvalue weighted by molar-refractivity contribution is -0.213.